The summed E-state index contributed by atoms with van der Waals surface area (Å²) in [6, 6.07) is 14.5. The van der Waals surface area contributed by atoms with Gasteiger partial charge in [0.2, 0.25) is 0 Å². The van der Waals surface area contributed by atoms with Gasteiger partial charge in [0.05, 0.1) is 12.7 Å². The van der Waals surface area contributed by atoms with Crippen LogP contribution in [0.15, 0.2) is 63.7 Å². The van der Waals surface area contributed by atoms with Crippen molar-refractivity contribution >= 4 is 45.1 Å². The van der Waals surface area contributed by atoms with Gasteiger partial charge in [0.25, 0.3) is 11.8 Å². The van der Waals surface area contributed by atoms with Crippen LogP contribution in [0.4, 0.5) is 11.4 Å². The predicted molar refractivity (Wildman–Crippen MR) is 111 cm³/mol. The first-order valence-corrected chi connectivity index (χ1v) is 9.34. The van der Waals surface area contributed by atoms with Crippen LogP contribution in [-0.2, 0) is 4.74 Å². The summed E-state index contributed by atoms with van der Waals surface area (Å²) >= 11 is 3.15. The highest BCUT2D eigenvalue weighted by Gasteiger charge is 2.14. The Morgan fingerprint density at radius 2 is 1.72 bits per heavy atom. The van der Waals surface area contributed by atoms with Crippen molar-refractivity contribution < 1.29 is 23.5 Å². The van der Waals surface area contributed by atoms with Crippen LogP contribution in [0.1, 0.15) is 36.8 Å². The number of hydrogen-bond acceptors (Lipinski definition) is 5. The molecule has 3 aromatic rings. The fourth-order valence-electron chi connectivity index (χ4n) is 2.61. The Hall–Kier alpha value is -3.39. The highest BCUT2D eigenvalue weighted by atomic mass is 79.9. The lowest BCUT2D eigenvalue weighted by molar-refractivity contribution is 0.0600. The van der Waals surface area contributed by atoms with Gasteiger partial charge in [-0.25, -0.2) is 4.79 Å². The highest BCUT2D eigenvalue weighted by Crippen LogP contribution is 2.20. The Balaban J connectivity index is 1.72. The van der Waals surface area contributed by atoms with E-state index < -0.39 is 11.9 Å². The summed E-state index contributed by atoms with van der Waals surface area (Å²) in [5.41, 5.74) is 2.50. The molecule has 0 aliphatic heterocycles. The molecule has 0 spiro atoms. The number of carbonyl (C=O) groups excluding carboxylic acids is 3. The molecular formula is C21H17BrN2O5. The van der Waals surface area contributed by atoms with E-state index in [1.807, 2.05) is 0 Å². The van der Waals surface area contributed by atoms with E-state index in [4.69, 9.17) is 4.42 Å². The van der Waals surface area contributed by atoms with Crippen molar-refractivity contribution in [3.63, 3.8) is 0 Å². The molecule has 0 radical (unpaired) electrons. The summed E-state index contributed by atoms with van der Waals surface area (Å²) in [6.07, 6.45) is 0. The van der Waals surface area contributed by atoms with Crippen LogP contribution in [0, 0.1) is 6.92 Å². The topological polar surface area (TPSA) is 97.6 Å². The predicted octanol–water partition coefficient (Wildman–Crippen LogP) is 4.64. The summed E-state index contributed by atoms with van der Waals surface area (Å²) < 4.78 is 10.4. The number of carbonyl (C=O) groups is 3. The van der Waals surface area contributed by atoms with Crippen molar-refractivity contribution in [1.29, 1.82) is 0 Å². The van der Waals surface area contributed by atoms with Crippen LogP contribution >= 0.6 is 15.9 Å². The van der Waals surface area contributed by atoms with Crippen molar-refractivity contribution in [3.8, 4) is 0 Å². The minimum absolute atomic E-state index is 0.146. The number of esters is 1. The van der Waals surface area contributed by atoms with E-state index in [1.165, 1.54) is 13.2 Å². The lowest BCUT2D eigenvalue weighted by atomic mass is 10.1. The van der Waals surface area contributed by atoms with Crippen molar-refractivity contribution in [2.75, 3.05) is 17.7 Å². The lowest BCUT2D eigenvalue weighted by Gasteiger charge is -2.11. The number of amides is 2. The zero-order valence-corrected chi connectivity index (χ0v) is 17.2. The number of nitrogens with one attached hydrogen (secondary N) is 2. The summed E-state index contributed by atoms with van der Waals surface area (Å²) in [4.78, 5) is 36.4. The van der Waals surface area contributed by atoms with E-state index in [0.29, 0.717) is 32.7 Å². The minimum Gasteiger partial charge on any atom is -0.465 e. The zero-order valence-electron chi connectivity index (χ0n) is 15.6. The second-order valence-electron chi connectivity index (χ2n) is 6.11. The van der Waals surface area contributed by atoms with Crippen LogP contribution < -0.4 is 10.6 Å². The molecule has 3 rings (SSSR count). The van der Waals surface area contributed by atoms with Crippen LogP contribution in [0.5, 0.6) is 0 Å². The van der Waals surface area contributed by atoms with E-state index in [-0.39, 0.29) is 11.7 Å². The van der Waals surface area contributed by atoms with Crippen LogP contribution in [-0.4, -0.2) is 24.9 Å². The zero-order chi connectivity index (χ0) is 21.0. The number of halogens is 1. The average molecular weight is 457 g/mol. The molecule has 0 saturated carbocycles. The normalized spacial score (nSPS) is 10.3. The fraction of sp³-hybridized carbons (Fsp3) is 0.0952. The lowest BCUT2D eigenvalue weighted by Crippen LogP contribution is -2.15. The van der Waals surface area contributed by atoms with Crippen molar-refractivity contribution in [2.24, 2.45) is 0 Å². The minimum atomic E-state index is -0.446. The van der Waals surface area contributed by atoms with Gasteiger partial charge in [0.1, 0.15) is 0 Å². The molecule has 2 aromatic carbocycles. The molecule has 0 saturated heterocycles. The van der Waals surface area contributed by atoms with Gasteiger partial charge in [-0.1, -0.05) is 6.07 Å². The third-order valence-electron chi connectivity index (χ3n) is 4.08. The highest BCUT2D eigenvalue weighted by molar-refractivity contribution is 9.10. The average Bonchev–Trinajstić information content (AvgIpc) is 3.15. The number of ether oxygens (including phenoxy) is 1. The van der Waals surface area contributed by atoms with E-state index in [1.54, 1.807) is 55.5 Å². The Bertz CT molecular complexity index is 1090. The van der Waals surface area contributed by atoms with Gasteiger partial charge in [-0.15, -0.1) is 0 Å². The SMILES string of the molecule is COC(=O)c1ccc(NC(=O)c2cccc(NC(=O)c3ccc(Br)o3)c2)c(C)c1. The van der Waals surface area contributed by atoms with Gasteiger partial charge in [-0.05, 0) is 76.9 Å². The first-order valence-electron chi connectivity index (χ1n) is 8.54. The summed E-state index contributed by atoms with van der Waals surface area (Å²) in [6.45, 7) is 1.78. The molecule has 29 heavy (non-hydrogen) atoms. The number of hydrogen-bond donors (Lipinski definition) is 2. The van der Waals surface area contributed by atoms with Gasteiger partial charge in [-0.3, -0.25) is 9.59 Å². The number of furan rings is 1. The Morgan fingerprint density at radius 1 is 0.931 bits per heavy atom. The number of aryl methyl sites for hydroxylation is 1. The third kappa shape index (κ3) is 4.91. The Morgan fingerprint density at radius 3 is 2.38 bits per heavy atom. The first-order chi connectivity index (χ1) is 13.9. The molecule has 0 aliphatic carbocycles. The molecule has 2 N–H and O–H groups in total. The monoisotopic (exact) mass is 456 g/mol. The molecule has 0 aliphatic rings. The van der Waals surface area contributed by atoms with Crippen LogP contribution in [0.25, 0.3) is 0 Å². The summed E-state index contributed by atoms with van der Waals surface area (Å²) in [5.74, 6) is -1.08. The second kappa shape index (κ2) is 8.74. The maximum absolute atomic E-state index is 12.6. The maximum atomic E-state index is 12.6. The van der Waals surface area contributed by atoms with Gasteiger partial charge < -0.3 is 19.8 Å². The molecule has 0 atom stereocenters. The number of rotatable bonds is 5. The largest absolute Gasteiger partial charge is 0.465 e. The van der Waals surface area contributed by atoms with Crippen LogP contribution in [0.3, 0.4) is 0 Å². The van der Waals surface area contributed by atoms with E-state index in [2.05, 4.69) is 31.3 Å². The molecule has 7 nitrogen and oxygen atoms in total. The molecule has 0 fully saturated rings. The smallest absolute Gasteiger partial charge is 0.337 e. The van der Waals surface area contributed by atoms with Gasteiger partial charge in [0, 0.05) is 16.9 Å². The van der Waals surface area contributed by atoms with Crippen molar-refractivity contribution in [1.82, 2.24) is 0 Å². The van der Waals surface area contributed by atoms with E-state index in [9.17, 15) is 14.4 Å². The number of anilines is 2. The summed E-state index contributed by atoms with van der Waals surface area (Å²) in [7, 11) is 1.31. The third-order valence-corrected chi connectivity index (χ3v) is 4.50. The Labute approximate surface area is 175 Å². The summed E-state index contributed by atoms with van der Waals surface area (Å²) in [5, 5.41) is 5.48. The van der Waals surface area contributed by atoms with Crippen molar-refractivity contribution in [2.45, 2.75) is 6.92 Å². The van der Waals surface area contributed by atoms with E-state index >= 15 is 0 Å². The second-order valence-corrected chi connectivity index (χ2v) is 6.90. The van der Waals surface area contributed by atoms with Gasteiger partial charge in [0.15, 0.2) is 10.4 Å². The van der Waals surface area contributed by atoms with Crippen molar-refractivity contribution in [3.05, 3.63) is 81.7 Å². The molecule has 0 bridgehead atoms. The molecule has 1 heterocycles. The number of methoxy groups -OCH3 is 1. The molecule has 0 unspecified atom stereocenters. The first kappa shape index (κ1) is 20.3. The molecule has 1 aromatic heterocycles. The van der Waals surface area contributed by atoms with E-state index in [0.717, 1.165) is 0 Å². The fourth-order valence-corrected chi connectivity index (χ4v) is 2.92. The molecular weight excluding hydrogens is 440 g/mol. The Kier molecular flexibility index (Phi) is 6.13. The molecule has 2 amide bonds. The quantitative estimate of drug-likeness (QED) is 0.544. The molecule has 8 heteroatoms. The standard InChI is InChI=1S/C21H17BrN2O5/c1-12-10-14(21(27)28-2)6-7-16(12)24-19(25)13-4-3-5-15(11-13)23-20(26)17-8-9-18(22)29-17/h3-11H,1-2H3,(H,23,26)(H,24,25). The molecule has 148 valence electrons. The maximum Gasteiger partial charge on any atom is 0.337 e. The number of benzene rings is 2. The van der Waals surface area contributed by atoms with Gasteiger partial charge >= 0.3 is 5.97 Å². The van der Waals surface area contributed by atoms with Gasteiger partial charge in [-0.2, -0.15) is 0 Å². The van der Waals surface area contributed by atoms with Crippen LogP contribution in [0.2, 0.25) is 0 Å².